The SMILES string of the molecule is CC1CC(C)CC(C(O)CC2CCCC2)C1. The van der Waals surface area contributed by atoms with E-state index in [4.69, 9.17) is 0 Å². The maximum absolute atomic E-state index is 10.4. The predicted octanol–water partition coefficient (Wildman–Crippen LogP) is 4.00. The van der Waals surface area contributed by atoms with Gasteiger partial charge in [0.05, 0.1) is 6.10 Å². The minimum Gasteiger partial charge on any atom is -0.393 e. The minimum atomic E-state index is -0.00620. The van der Waals surface area contributed by atoms with Crippen molar-refractivity contribution in [3.8, 4) is 0 Å². The number of rotatable bonds is 3. The van der Waals surface area contributed by atoms with Crippen molar-refractivity contribution in [1.82, 2.24) is 0 Å². The summed E-state index contributed by atoms with van der Waals surface area (Å²) >= 11 is 0. The van der Waals surface area contributed by atoms with Gasteiger partial charge in [0.25, 0.3) is 0 Å². The zero-order valence-electron chi connectivity index (χ0n) is 11.0. The molecule has 2 aliphatic carbocycles. The Bertz CT molecular complexity index is 197. The zero-order chi connectivity index (χ0) is 11.5. The van der Waals surface area contributed by atoms with E-state index in [2.05, 4.69) is 13.8 Å². The van der Waals surface area contributed by atoms with E-state index in [1.165, 1.54) is 44.9 Å². The van der Waals surface area contributed by atoms with E-state index in [-0.39, 0.29) is 6.10 Å². The van der Waals surface area contributed by atoms with Crippen molar-refractivity contribution in [1.29, 1.82) is 0 Å². The average molecular weight is 224 g/mol. The third-order valence-corrected chi connectivity index (χ3v) is 4.81. The monoisotopic (exact) mass is 224 g/mol. The van der Waals surface area contributed by atoms with Crippen LogP contribution in [0.25, 0.3) is 0 Å². The molecule has 0 aliphatic heterocycles. The summed E-state index contributed by atoms with van der Waals surface area (Å²) in [4.78, 5) is 0. The van der Waals surface area contributed by atoms with Crippen LogP contribution in [-0.2, 0) is 0 Å². The largest absolute Gasteiger partial charge is 0.393 e. The fourth-order valence-electron chi connectivity index (χ4n) is 4.10. The molecule has 94 valence electrons. The van der Waals surface area contributed by atoms with E-state index in [0.717, 1.165) is 24.2 Å². The molecule has 0 heterocycles. The maximum Gasteiger partial charge on any atom is 0.0571 e. The molecule has 1 N–H and O–H groups in total. The van der Waals surface area contributed by atoms with Crippen molar-refractivity contribution in [2.45, 2.75) is 71.3 Å². The van der Waals surface area contributed by atoms with E-state index in [9.17, 15) is 5.11 Å². The van der Waals surface area contributed by atoms with Crippen molar-refractivity contribution in [3.05, 3.63) is 0 Å². The van der Waals surface area contributed by atoms with Crippen LogP contribution in [0.4, 0.5) is 0 Å². The number of aliphatic hydroxyl groups is 1. The third-order valence-electron chi connectivity index (χ3n) is 4.81. The van der Waals surface area contributed by atoms with Crippen LogP contribution in [0.1, 0.15) is 65.2 Å². The molecule has 0 bridgehead atoms. The van der Waals surface area contributed by atoms with Crippen molar-refractivity contribution in [2.75, 3.05) is 0 Å². The smallest absolute Gasteiger partial charge is 0.0571 e. The molecule has 0 amide bonds. The van der Waals surface area contributed by atoms with E-state index in [1.807, 2.05) is 0 Å². The van der Waals surface area contributed by atoms with Gasteiger partial charge in [-0.25, -0.2) is 0 Å². The zero-order valence-corrected chi connectivity index (χ0v) is 11.0. The molecular weight excluding hydrogens is 196 g/mol. The molecule has 16 heavy (non-hydrogen) atoms. The Balaban J connectivity index is 1.80. The molecule has 0 aromatic carbocycles. The summed E-state index contributed by atoms with van der Waals surface area (Å²) in [5, 5.41) is 10.4. The Morgan fingerprint density at radius 2 is 1.56 bits per heavy atom. The Morgan fingerprint density at radius 1 is 1.00 bits per heavy atom. The summed E-state index contributed by atoms with van der Waals surface area (Å²) in [6.45, 7) is 4.70. The van der Waals surface area contributed by atoms with Gasteiger partial charge < -0.3 is 5.11 Å². The van der Waals surface area contributed by atoms with Crippen LogP contribution in [-0.4, -0.2) is 11.2 Å². The molecule has 2 aliphatic rings. The highest BCUT2D eigenvalue weighted by atomic mass is 16.3. The molecule has 2 saturated carbocycles. The van der Waals surface area contributed by atoms with Gasteiger partial charge in [0, 0.05) is 0 Å². The molecule has 0 aromatic heterocycles. The fraction of sp³-hybridized carbons (Fsp3) is 1.00. The number of hydrogen-bond donors (Lipinski definition) is 1. The Labute approximate surface area is 101 Å². The average Bonchev–Trinajstić information content (AvgIpc) is 2.68. The lowest BCUT2D eigenvalue weighted by Gasteiger charge is -2.35. The third kappa shape index (κ3) is 3.23. The van der Waals surface area contributed by atoms with Crippen LogP contribution in [0.5, 0.6) is 0 Å². The summed E-state index contributed by atoms with van der Waals surface area (Å²) in [5.74, 6) is 3.08. The quantitative estimate of drug-likeness (QED) is 0.768. The molecule has 3 atom stereocenters. The van der Waals surface area contributed by atoms with Crippen molar-refractivity contribution in [2.24, 2.45) is 23.7 Å². The van der Waals surface area contributed by atoms with E-state index in [1.54, 1.807) is 0 Å². The van der Waals surface area contributed by atoms with E-state index < -0.39 is 0 Å². The Morgan fingerprint density at radius 3 is 2.12 bits per heavy atom. The van der Waals surface area contributed by atoms with Crippen LogP contribution >= 0.6 is 0 Å². The molecular formula is C15H28O. The van der Waals surface area contributed by atoms with Crippen molar-refractivity contribution in [3.63, 3.8) is 0 Å². The maximum atomic E-state index is 10.4. The van der Waals surface area contributed by atoms with Gasteiger partial charge in [0.15, 0.2) is 0 Å². The van der Waals surface area contributed by atoms with Crippen LogP contribution < -0.4 is 0 Å². The summed E-state index contributed by atoms with van der Waals surface area (Å²) < 4.78 is 0. The first-order valence-corrected chi connectivity index (χ1v) is 7.33. The van der Waals surface area contributed by atoms with Crippen molar-refractivity contribution < 1.29 is 5.11 Å². The summed E-state index contributed by atoms with van der Waals surface area (Å²) in [7, 11) is 0. The Hall–Kier alpha value is -0.0400. The second-order valence-electron chi connectivity index (χ2n) is 6.63. The molecule has 0 saturated heterocycles. The van der Waals surface area contributed by atoms with Gasteiger partial charge in [-0.3, -0.25) is 0 Å². The predicted molar refractivity (Wildman–Crippen MR) is 68.3 cm³/mol. The highest BCUT2D eigenvalue weighted by Gasteiger charge is 2.30. The van der Waals surface area contributed by atoms with Crippen LogP contribution in [0.3, 0.4) is 0 Å². The van der Waals surface area contributed by atoms with Gasteiger partial charge in [0.1, 0.15) is 0 Å². The first-order valence-electron chi connectivity index (χ1n) is 7.33. The molecule has 1 nitrogen and oxygen atoms in total. The highest BCUT2D eigenvalue weighted by molar-refractivity contribution is 4.82. The standard InChI is InChI=1S/C15H28O/c1-11-7-12(2)9-14(8-11)15(16)10-13-5-3-4-6-13/h11-16H,3-10H2,1-2H3. The van der Waals surface area contributed by atoms with Gasteiger partial charge in [0.2, 0.25) is 0 Å². The van der Waals surface area contributed by atoms with Gasteiger partial charge in [-0.1, -0.05) is 39.5 Å². The second kappa shape index (κ2) is 5.53. The molecule has 3 unspecified atom stereocenters. The van der Waals surface area contributed by atoms with Gasteiger partial charge >= 0.3 is 0 Å². The van der Waals surface area contributed by atoms with Gasteiger partial charge in [-0.05, 0) is 49.4 Å². The summed E-state index contributed by atoms with van der Waals surface area (Å²) in [6.07, 6.45) is 10.5. The second-order valence-corrected chi connectivity index (χ2v) is 6.63. The normalized spacial score (nSPS) is 38.8. The van der Waals surface area contributed by atoms with Crippen molar-refractivity contribution >= 4 is 0 Å². The van der Waals surface area contributed by atoms with E-state index in [0.29, 0.717) is 5.92 Å². The number of aliphatic hydroxyl groups excluding tert-OH is 1. The highest BCUT2D eigenvalue weighted by Crippen LogP contribution is 2.38. The molecule has 1 heteroatoms. The van der Waals surface area contributed by atoms with Crippen LogP contribution in [0, 0.1) is 23.7 Å². The number of hydrogen-bond acceptors (Lipinski definition) is 1. The Kier molecular flexibility index (Phi) is 4.29. The lowest BCUT2D eigenvalue weighted by Crippen LogP contribution is -2.30. The summed E-state index contributed by atoms with van der Waals surface area (Å²) in [5.41, 5.74) is 0. The summed E-state index contributed by atoms with van der Waals surface area (Å²) in [6, 6.07) is 0. The fourth-order valence-corrected chi connectivity index (χ4v) is 4.10. The first-order chi connectivity index (χ1) is 7.65. The molecule has 0 radical (unpaired) electrons. The lowest BCUT2D eigenvalue weighted by molar-refractivity contribution is 0.0385. The van der Waals surface area contributed by atoms with Crippen LogP contribution in [0.2, 0.25) is 0 Å². The molecule has 2 rings (SSSR count). The minimum absolute atomic E-state index is 0.00620. The van der Waals surface area contributed by atoms with Gasteiger partial charge in [-0.2, -0.15) is 0 Å². The van der Waals surface area contributed by atoms with Crippen LogP contribution in [0.15, 0.2) is 0 Å². The molecule has 0 aromatic rings. The molecule has 2 fully saturated rings. The topological polar surface area (TPSA) is 20.2 Å². The van der Waals surface area contributed by atoms with Gasteiger partial charge in [-0.15, -0.1) is 0 Å². The molecule has 0 spiro atoms. The first kappa shape index (κ1) is 12.4. The lowest BCUT2D eigenvalue weighted by atomic mass is 9.73. The van der Waals surface area contributed by atoms with E-state index >= 15 is 0 Å².